The highest BCUT2D eigenvalue weighted by Gasteiger charge is 2.39. The summed E-state index contributed by atoms with van der Waals surface area (Å²) in [6, 6.07) is 10.1. The Morgan fingerprint density at radius 1 is 0.500 bits per heavy atom. The zero-order chi connectivity index (χ0) is 35.8. The molecule has 4 aliphatic heterocycles. The topological polar surface area (TPSA) is 120 Å². The van der Waals surface area contributed by atoms with Gasteiger partial charge in [-0.2, -0.15) is 0 Å². The van der Waals surface area contributed by atoms with E-state index in [4.69, 9.17) is 0 Å². The number of aromatic nitrogens is 2. The predicted octanol–water partition coefficient (Wildman–Crippen LogP) is 3.75. The molecule has 0 aliphatic carbocycles. The quantitative estimate of drug-likeness (QED) is 0.429. The summed E-state index contributed by atoms with van der Waals surface area (Å²) >= 11 is 0. The number of pyridine rings is 2. The second-order valence-corrected chi connectivity index (χ2v) is 14.5. The first-order valence-corrected chi connectivity index (χ1v) is 16.9. The van der Waals surface area contributed by atoms with Crippen molar-refractivity contribution in [3.63, 3.8) is 0 Å². The molecule has 2 aromatic heterocycles. The SMILES string of the molecule is CC(C)(C)N1CCN(c2cccc(N3CCN(CC#CC#CCN4CCN(c5cccc(N6CCN(C(C)(C)C)C6=O)n5)C4=O)C3=O)n2)C1=O. The maximum atomic E-state index is 13.2. The van der Waals surface area contributed by atoms with Crippen molar-refractivity contribution >= 4 is 47.4 Å². The van der Waals surface area contributed by atoms with Gasteiger partial charge in [0.2, 0.25) is 0 Å². The summed E-state index contributed by atoms with van der Waals surface area (Å²) in [5.74, 6) is 13.5. The Bertz CT molecular complexity index is 1680. The second-order valence-electron chi connectivity index (χ2n) is 14.5. The lowest BCUT2D eigenvalue weighted by Gasteiger charge is -2.31. The van der Waals surface area contributed by atoms with Crippen LogP contribution in [0.5, 0.6) is 0 Å². The van der Waals surface area contributed by atoms with E-state index in [-0.39, 0.29) is 48.3 Å². The Kier molecular flexibility index (Phi) is 9.23. The molecule has 0 aromatic carbocycles. The third kappa shape index (κ3) is 6.83. The molecule has 14 heteroatoms. The van der Waals surface area contributed by atoms with Gasteiger partial charge in [-0.1, -0.05) is 24.0 Å². The molecule has 0 N–H and O–H groups in total. The summed E-state index contributed by atoms with van der Waals surface area (Å²) in [6.45, 7) is 16.7. The fraction of sp³-hybridized carbons (Fsp3) is 0.500. The van der Waals surface area contributed by atoms with Crippen molar-refractivity contribution in [1.29, 1.82) is 0 Å². The maximum Gasteiger partial charge on any atom is 0.326 e. The van der Waals surface area contributed by atoms with Gasteiger partial charge < -0.3 is 19.6 Å². The number of anilines is 4. The molecule has 50 heavy (non-hydrogen) atoms. The lowest BCUT2D eigenvalue weighted by molar-refractivity contribution is 0.172. The monoisotopic (exact) mass is 680 g/mol. The van der Waals surface area contributed by atoms with Crippen molar-refractivity contribution < 1.29 is 19.2 Å². The first kappa shape index (κ1) is 34.4. The van der Waals surface area contributed by atoms with E-state index in [0.29, 0.717) is 75.6 Å². The molecular weight excluding hydrogens is 636 g/mol. The predicted molar refractivity (Wildman–Crippen MR) is 191 cm³/mol. The molecule has 0 saturated carbocycles. The minimum atomic E-state index is -0.286. The minimum absolute atomic E-state index is 0.0918. The molecule has 4 fully saturated rings. The largest absolute Gasteiger partial charge is 0.326 e. The van der Waals surface area contributed by atoms with E-state index in [1.54, 1.807) is 53.7 Å². The van der Waals surface area contributed by atoms with E-state index in [0.717, 1.165) is 0 Å². The number of hydrogen-bond donors (Lipinski definition) is 0. The molecule has 0 atom stereocenters. The molecule has 0 radical (unpaired) electrons. The van der Waals surface area contributed by atoms with Crippen molar-refractivity contribution in [3.8, 4) is 23.7 Å². The number of hydrogen-bond acceptors (Lipinski definition) is 6. The molecular formula is C36H44N10O4. The van der Waals surface area contributed by atoms with Gasteiger partial charge in [0.05, 0.1) is 13.1 Å². The van der Waals surface area contributed by atoms with Crippen LogP contribution in [0.4, 0.5) is 42.4 Å². The maximum absolute atomic E-state index is 13.2. The number of urea groups is 4. The second kappa shape index (κ2) is 13.4. The summed E-state index contributed by atoms with van der Waals surface area (Å²) < 4.78 is 0. The highest BCUT2D eigenvalue weighted by molar-refractivity contribution is 5.97. The van der Waals surface area contributed by atoms with Crippen LogP contribution >= 0.6 is 0 Å². The number of carbonyl (C=O) groups excluding carboxylic acids is 4. The molecule has 4 saturated heterocycles. The summed E-state index contributed by atoms with van der Waals surface area (Å²) in [6.07, 6.45) is 0. The van der Waals surface area contributed by atoms with E-state index in [2.05, 4.69) is 33.6 Å². The highest BCUT2D eigenvalue weighted by atomic mass is 16.2. The van der Waals surface area contributed by atoms with Crippen molar-refractivity contribution in [2.24, 2.45) is 0 Å². The van der Waals surface area contributed by atoms with Gasteiger partial charge in [0.25, 0.3) is 0 Å². The van der Waals surface area contributed by atoms with Crippen molar-refractivity contribution in [1.82, 2.24) is 29.6 Å². The fourth-order valence-electron chi connectivity index (χ4n) is 6.41. The summed E-state index contributed by atoms with van der Waals surface area (Å²) in [5.41, 5.74) is -0.573. The van der Waals surface area contributed by atoms with Crippen molar-refractivity contribution in [2.75, 3.05) is 85.0 Å². The molecule has 6 heterocycles. The van der Waals surface area contributed by atoms with Gasteiger partial charge in [0.1, 0.15) is 23.3 Å². The van der Waals surface area contributed by atoms with Crippen LogP contribution in [-0.2, 0) is 0 Å². The van der Waals surface area contributed by atoms with Crippen LogP contribution in [0.1, 0.15) is 41.5 Å². The number of amides is 8. The van der Waals surface area contributed by atoms with Gasteiger partial charge in [0, 0.05) is 63.4 Å². The molecule has 4 aliphatic rings. The number of rotatable bonds is 6. The van der Waals surface area contributed by atoms with Crippen molar-refractivity contribution in [2.45, 2.75) is 52.6 Å². The van der Waals surface area contributed by atoms with E-state index in [1.807, 2.05) is 63.5 Å². The zero-order valence-electron chi connectivity index (χ0n) is 29.6. The molecule has 6 rings (SSSR count). The number of nitrogens with zero attached hydrogens (tertiary/aromatic N) is 10. The van der Waals surface area contributed by atoms with Gasteiger partial charge in [-0.25, -0.2) is 29.1 Å². The van der Waals surface area contributed by atoms with Crippen LogP contribution in [0.25, 0.3) is 0 Å². The molecule has 14 nitrogen and oxygen atoms in total. The lowest BCUT2D eigenvalue weighted by Crippen LogP contribution is -2.44. The van der Waals surface area contributed by atoms with Crippen LogP contribution in [0.15, 0.2) is 36.4 Å². The van der Waals surface area contributed by atoms with Crippen LogP contribution in [-0.4, -0.2) is 130 Å². The average Bonchev–Trinajstić information content (AvgIpc) is 3.84. The molecule has 262 valence electrons. The van der Waals surface area contributed by atoms with E-state index >= 15 is 0 Å². The Morgan fingerprint density at radius 3 is 1.14 bits per heavy atom. The molecule has 2 aromatic rings. The zero-order valence-corrected chi connectivity index (χ0v) is 29.6. The normalized spacial score (nSPS) is 18.4. The Balaban J connectivity index is 0.998. The minimum Gasteiger partial charge on any atom is -0.318 e. The molecule has 8 amide bonds. The first-order valence-electron chi connectivity index (χ1n) is 16.9. The third-order valence-electron chi connectivity index (χ3n) is 9.15. The fourth-order valence-corrected chi connectivity index (χ4v) is 6.41. The first-order chi connectivity index (χ1) is 23.7. The summed E-state index contributed by atoms with van der Waals surface area (Å²) in [5, 5.41) is 0. The summed E-state index contributed by atoms with van der Waals surface area (Å²) in [7, 11) is 0. The molecule has 0 bridgehead atoms. The smallest absolute Gasteiger partial charge is 0.318 e. The van der Waals surface area contributed by atoms with E-state index in [9.17, 15) is 19.2 Å². The lowest BCUT2D eigenvalue weighted by atomic mass is 10.1. The van der Waals surface area contributed by atoms with Gasteiger partial charge >= 0.3 is 24.1 Å². The molecule has 0 unspecified atom stereocenters. The van der Waals surface area contributed by atoms with Crippen molar-refractivity contribution in [3.05, 3.63) is 36.4 Å². The van der Waals surface area contributed by atoms with E-state index in [1.165, 1.54) is 0 Å². The molecule has 0 spiro atoms. The van der Waals surface area contributed by atoms with Crippen LogP contribution in [0, 0.1) is 23.7 Å². The third-order valence-corrected chi connectivity index (χ3v) is 9.15. The van der Waals surface area contributed by atoms with Crippen LogP contribution in [0.2, 0.25) is 0 Å². The van der Waals surface area contributed by atoms with Gasteiger partial charge in [-0.15, -0.1) is 0 Å². The summed E-state index contributed by atoms with van der Waals surface area (Å²) in [4.78, 5) is 75.1. The van der Waals surface area contributed by atoms with Crippen LogP contribution < -0.4 is 19.6 Å². The Labute approximate surface area is 293 Å². The van der Waals surface area contributed by atoms with Gasteiger partial charge in [-0.3, -0.25) is 19.6 Å². The Morgan fingerprint density at radius 2 is 0.820 bits per heavy atom. The van der Waals surface area contributed by atoms with Gasteiger partial charge in [-0.05, 0) is 77.6 Å². The highest BCUT2D eigenvalue weighted by Crippen LogP contribution is 2.29. The Hall–Kier alpha value is -5.50. The van der Waals surface area contributed by atoms with Crippen LogP contribution in [0.3, 0.4) is 0 Å². The standard InChI is InChI=1S/C36H44N10O4/c1-35(2,3)45-25-23-43(33(45)49)29-15-11-13-27(37-29)41-21-19-39(31(41)47)17-9-7-8-10-18-40-20-22-42(32(40)48)28-14-12-16-30(38-28)44-24-26-46(34(44)50)36(4,5)6/h11-16H,17-26H2,1-6H3. The van der Waals surface area contributed by atoms with Gasteiger partial charge in [0.15, 0.2) is 0 Å². The van der Waals surface area contributed by atoms with E-state index < -0.39 is 0 Å². The average molecular weight is 681 g/mol. The number of carbonyl (C=O) groups is 4.